The van der Waals surface area contributed by atoms with Crippen LogP contribution in [-0.2, 0) is 4.79 Å². The molecule has 0 aliphatic carbocycles. The third kappa shape index (κ3) is 6.12. The van der Waals surface area contributed by atoms with E-state index in [-0.39, 0.29) is 36.3 Å². The Morgan fingerprint density at radius 2 is 2.00 bits per heavy atom. The maximum absolute atomic E-state index is 12.1. The molecule has 0 bridgehead atoms. The van der Waals surface area contributed by atoms with Gasteiger partial charge in [0.2, 0.25) is 5.91 Å². The monoisotopic (exact) mass is 312 g/mol. The summed E-state index contributed by atoms with van der Waals surface area (Å²) in [6.07, 6.45) is -4.43. The van der Waals surface area contributed by atoms with Crippen LogP contribution in [0.5, 0.6) is 5.75 Å². The van der Waals surface area contributed by atoms with E-state index in [2.05, 4.69) is 10.1 Å². The Kier molecular flexibility index (Phi) is 7.38. The molecule has 3 N–H and O–H groups in total. The number of ether oxygens (including phenoxy) is 1. The van der Waals surface area contributed by atoms with Crippen molar-refractivity contribution in [3.05, 3.63) is 24.3 Å². The average molecular weight is 313 g/mol. The lowest BCUT2D eigenvalue weighted by atomic mass is 10.1. The highest BCUT2D eigenvalue weighted by molar-refractivity contribution is 5.93. The Labute approximate surface area is 120 Å². The van der Waals surface area contributed by atoms with Crippen LogP contribution in [0.25, 0.3) is 0 Å². The number of carbonyl (C=O) groups excluding carboxylic acids is 1. The van der Waals surface area contributed by atoms with Gasteiger partial charge in [0, 0.05) is 12.5 Å². The van der Waals surface area contributed by atoms with Gasteiger partial charge in [0.05, 0.1) is 5.69 Å². The van der Waals surface area contributed by atoms with Crippen LogP contribution >= 0.6 is 12.4 Å². The average Bonchev–Trinajstić information content (AvgIpc) is 2.35. The second kappa shape index (κ2) is 7.96. The molecule has 1 atom stereocenters. The lowest BCUT2D eigenvalue weighted by molar-refractivity contribution is -0.153. The Morgan fingerprint density at radius 1 is 1.40 bits per heavy atom. The number of para-hydroxylation sites is 2. The summed E-state index contributed by atoms with van der Waals surface area (Å²) in [6, 6.07) is 5.93. The maximum Gasteiger partial charge on any atom is 0.422 e. The summed E-state index contributed by atoms with van der Waals surface area (Å²) in [5, 5.41) is 2.49. The highest BCUT2D eigenvalue weighted by Gasteiger charge is 2.29. The molecule has 114 valence electrons. The first-order valence-corrected chi connectivity index (χ1v) is 5.63. The fourth-order valence-electron chi connectivity index (χ4n) is 1.22. The summed E-state index contributed by atoms with van der Waals surface area (Å²) >= 11 is 0. The predicted octanol–water partition coefficient (Wildman–Crippen LogP) is 2.58. The third-order valence-electron chi connectivity index (χ3n) is 2.34. The molecule has 0 aliphatic rings. The van der Waals surface area contributed by atoms with E-state index in [1.807, 2.05) is 0 Å². The molecule has 4 nitrogen and oxygen atoms in total. The molecule has 0 aromatic heterocycles. The van der Waals surface area contributed by atoms with Gasteiger partial charge in [-0.1, -0.05) is 19.1 Å². The molecule has 1 amide bonds. The van der Waals surface area contributed by atoms with Crippen molar-refractivity contribution in [3.8, 4) is 5.75 Å². The quantitative estimate of drug-likeness (QED) is 0.878. The van der Waals surface area contributed by atoms with E-state index in [0.29, 0.717) is 0 Å². The second-order valence-corrected chi connectivity index (χ2v) is 4.03. The Bertz CT molecular complexity index is 441. The van der Waals surface area contributed by atoms with Crippen molar-refractivity contribution in [2.24, 2.45) is 11.7 Å². The van der Waals surface area contributed by atoms with Crippen LogP contribution in [0, 0.1) is 5.92 Å². The minimum atomic E-state index is -4.43. The van der Waals surface area contributed by atoms with Crippen molar-refractivity contribution in [3.63, 3.8) is 0 Å². The van der Waals surface area contributed by atoms with Gasteiger partial charge >= 0.3 is 6.18 Å². The summed E-state index contributed by atoms with van der Waals surface area (Å²) in [5.74, 6) is -0.835. The number of nitrogens with two attached hydrogens (primary N) is 1. The number of benzene rings is 1. The van der Waals surface area contributed by atoms with Crippen LogP contribution in [0.1, 0.15) is 6.92 Å². The number of hydrogen-bond donors (Lipinski definition) is 2. The van der Waals surface area contributed by atoms with Crippen molar-refractivity contribution in [1.82, 2.24) is 0 Å². The number of nitrogens with one attached hydrogen (secondary N) is 1. The number of anilines is 1. The van der Waals surface area contributed by atoms with Gasteiger partial charge in [-0.25, -0.2) is 0 Å². The lowest BCUT2D eigenvalue weighted by Gasteiger charge is -2.15. The normalized spacial score (nSPS) is 12.2. The second-order valence-electron chi connectivity index (χ2n) is 4.03. The molecule has 1 rings (SSSR count). The van der Waals surface area contributed by atoms with Gasteiger partial charge in [0.15, 0.2) is 6.61 Å². The Balaban J connectivity index is 0.00000361. The topological polar surface area (TPSA) is 64.4 Å². The number of carbonyl (C=O) groups is 1. The first-order valence-electron chi connectivity index (χ1n) is 5.63. The van der Waals surface area contributed by atoms with Gasteiger partial charge in [-0.05, 0) is 12.1 Å². The van der Waals surface area contributed by atoms with Gasteiger partial charge in [-0.15, -0.1) is 12.4 Å². The van der Waals surface area contributed by atoms with Crippen LogP contribution in [-0.4, -0.2) is 25.2 Å². The van der Waals surface area contributed by atoms with Crippen molar-refractivity contribution >= 4 is 24.0 Å². The van der Waals surface area contributed by atoms with Gasteiger partial charge in [0.1, 0.15) is 5.75 Å². The van der Waals surface area contributed by atoms with E-state index >= 15 is 0 Å². The van der Waals surface area contributed by atoms with Crippen LogP contribution in [0.2, 0.25) is 0 Å². The number of amides is 1. The van der Waals surface area contributed by atoms with Crippen LogP contribution in [0.3, 0.4) is 0 Å². The molecule has 0 radical (unpaired) electrons. The van der Waals surface area contributed by atoms with Crippen LogP contribution in [0.4, 0.5) is 18.9 Å². The SMILES string of the molecule is CC(CN)C(=O)Nc1ccccc1OCC(F)(F)F.Cl. The van der Waals surface area contributed by atoms with Gasteiger partial charge in [-0.2, -0.15) is 13.2 Å². The molecule has 0 fully saturated rings. The van der Waals surface area contributed by atoms with Crippen molar-refractivity contribution in [1.29, 1.82) is 0 Å². The summed E-state index contributed by atoms with van der Waals surface area (Å²) in [4.78, 5) is 11.6. The minimum absolute atomic E-state index is 0. The molecule has 20 heavy (non-hydrogen) atoms. The lowest BCUT2D eigenvalue weighted by Crippen LogP contribution is -2.27. The summed E-state index contributed by atoms with van der Waals surface area (Å²) in [5.41, 5.74) is 5.53. The van der Waals surface area contributed by atoms with E-state index in [4.69, 9.17) is 5.73 Å². The molecule has 1 aromatic carbocycles. The molecule has 0 saturated heterocycles. The Hall–Kier alpha value is -1.47. The maximum atomic E-state index is 12.1. The molecule has 0 saturated carbocycles. The molecule has 0 heterocycles. The molecule has 0 aliphatic heterocycles. The summed E-state index contributed by atoms with van der Waals surface area (Å²) in [7, 11) is 0. The first-order chi connectivity index (χ1) is 8.83. The van der Waals surface area contributed by atoms with E-state index in [0.717, 1.165) is 0 Å². The third-order valence-corrected chi connectivity index (χ3v) is 2.34. The van der Waals surface area contributed by atoms with Gasteiger partial charge in [0.25, 0.3) is 0 Å². The zero-order valence-corrected chi connectivity index (χ0v) is 11.6. The predicted molar refractivity (Wildman–Crippen MR) is 72.1 cm³/mol. The number of rotatable bonds is 5. The minimum Gasteiger partial charge on any atom is -0.482 e. The molecular formula is C12H16ClF3N2O2. The zero-order chi connectivity index (χ0) is 14.5. The highest BCUT2D eigenvalue weighted by atomic mass is 35.5. The molecular weight excluding hydrogens is 297 g/mol. The number of halogens is 4. The molecule has 1 aromatic rings. The van der Waals surface area contributed by atoms with E-state index in [1.54, 1.807) is 13.0 Å². The number of hydrogen-bond acceptors (Lipinski definition) is 3. The van der Waals surface area contributed by atoms with Gasteiger partial charge < -0.3 is 15.8 Å². The fraction of sp³-hybridized carbons (Fsp3) is 0.417. The smallest absolute Gasteiger partial charge is 0.422 e. The largest absolute Gasteiger partial charge is 0.482 e. The van der Waals surface area contributed by atoms with Crippen molar-refractivity contribution < 1.29 is 22.7 Å². The van der Waals surface area contributed by atoms with Gasteiger partial charge in [-0.3, -0.25) is 4.79 Å². The van der Waals surface area contributed by atoms with Crippen LogP contribution in [0.15, 0.2) is 24.3 Å². The standard InChI is InChI=1S/C12H15F3N2O2.ClH/c1-8(6-16)11(18)17-9-4-2-3-5-10(9)19-7-12(13,14)15;/h2-5,8H,6-7,16H2,1H3,(H,17,18);1H. The van der Waals surface area contributed by atoms with E-state index in [9.17, 15) is 18.0 Å². The van der Waals surface area contributed by atoms with Crippen molar-refractivity contribution in [2.45, 2.75) is 13.1 Å². The summed E-state index contributed by atoms with van der Waals surface area (Å²) in [6.45, 7) is 0.359. The summed E-state index contributed by atoms with van der Waals surface area (Å²) < 4.78 is 40.9. The van der Waals surface area contributed by atoms with E-state index in [1.165, 1.54) is 18.2 Å². The molecule has 1 unspecified atom stereocenters. The Morgan fingerprint density at radius 3 is 2.55 bits per heavy atom. The number of alkyl halides is 3. The highest BCUT2D eigenvalue weighted by Crippen LogP contribution is 2.26. The van der Waals surface area contributed by atoms with E-state index < -0.39 is 18.7 Å². The fourth-order valence-corrected chi connectivity index (χ4v) is 1.22. The molecule has 8 heteroatoms. The van der Waals surface area contributed by atoms with Crippen LogP contribution < -0.4 is 15.8 Å². The molecule has 0 spiro atoms. The first kappa shape index (κ1) is 18.5. The zero-order valence-electron chi connectivity index (χ0n) is 10.7. The van der Waals surface area contributed by atoms with Crippen molar-refractivity contribution in [2.75, 3.05) is 18.5 Å².